The van der Waals surface area contributed by atoms with Gasteiger partial charge >= 0.3 is 5.97 Å². The van der Waals surface area contributed by atoms with E-state index >= 15 is 0 Å². The van der Waals surface area contributed by atoms with Crippen LogP contribution in [0.25, 0.3) is 0 Å². The summed E-state index contributed by atoms with van der Waals surface area (Å²) in [4.78, 5) is 28.0. The molecule has 2 unspecified atom stereocenters. The van der Waals surface area contributed by atoms with E-state index in [1.165, 1.54) is 68.6 Å². The predicted molar refractivity (Wildman–Crippen MR) is 143 cm³/mol. The molecule has 32 heavy (non-hydrogen) atoms. The highest BCUT2D eigenvalue weighted by Crippen LogP contribution is 2.27. The first-order valence-corrected chi connectivity index (χ1v) is 15.2. The Hall–Kier alpha value is -0.330. The Bertz CT molecular complexity index is 486. The lowest BCUT2D eigenvalue weighted by Crippen LogP contribution is -2.44. The fourth-order valence-electron chi connectivity index (χ4n) is 4.71. The minimum absolute atomic E-state index is 0.0831. The van der Waals surface area contributed by atoms with E-state index in [-0.39, 0.29) is 23.8 Å². The molecular weight excluding hydrogens is 513 g/mol. The molecule has 4 nitrogen and oxygen atoms in total. The standard InChI is InChI=1S/C27H50INO3/c1-3-5-7-9-10-14-19-24(18-13-8-6-4-2)26(30)29-22-17-20-25(29)27(31)32-23-16-12-11-15-21-28/h24-25H,3-23H2,1-2H3. The van der Waals surface area contributed by atoms with Gasteiger partial charge in [0.25, 0.3) is 0 Å². The lowest BCUT2D eigenvalue weighted by Gasteiger charge is -2.28. The van der Waals surface area contributed by atoms with Crippen molar-refractivity contribution in [1.82, 2.24) is 4.90 Å². The number of nitrogens with zero attached hydrogens (tertiary/aromatic N) is 1. The van der Waals surface area contributed by atoms with Crippen molar-refractivity contribution >= 4 is 34.5 Å². The zero-order chi connectivity index (χ0) is 23.4. The molecule has 0 aromatic rings. The zero-order valence-electron chi connectivity index (χ0n) is 21.1. The monoisotopic (exact) mass is 563 g/mol. The maximum Gasteiger partial charge on any atom is 0.328 e. The van der Waals surface area contributed by atoms with Gasteiger partial charge in [-0.2, -0.15) is 0 Å². The number of hydrogen-bond acceptors (Lipinski definition) is 3. The van der Waals surface area contributed by atoms with Crippen LogP contribution in [0.1, 0.15) is 129 Å². The zero-order valence-corrected chi connectivity index (χ0v) is 23.2. The summed E-state index contributed by atoms with van der Waals surface area (Å²) in [5.41, 5.74) is 0. The fraction of sp³-hybridized carbons (Fsp3) is 0.926. The van der Waals surface area contributed by atoms with Crippen LogP contribution in [0.4, 0.5) is 0 Å². The molecule has 1 aliphatic rings. The van der Waals surface area contributed by atoms with Crippen LogP contribution in [0, 0.1) is 5.92 Å². The molecule has 1 amide bonds. The second kappa shape index (κ2) is 20.1. The van der Waals surface area contributed by atoms with Crippen LogP contribution < -0.4 is 0 Å². The Morgan fingerprint density at radius 3 is 2.06 bits per heavy atom. The minimum atomic E-state index is -0.348. The Balaban J connectivity index is 2.52. The molecule has 1 heterocycles. The molecule has 2 atom stereocenters. The topological polar surface area (TPSA) is 46.6 Å². The number of esters is 1. The first-order valence-electron chi connectivity index (χ1n) is 13.7. The van der Waals surface area contributed by atoms with E-state index < -0.39 is 0 Å². The van der Waals surface area contributed by atoms with Gasteiger partial charge in [0.2, 0.25) is 5.91 Å². The van der Waals surface area contributed by atoms with Gasteiger partial charge in [-0.25, -0.2) is 4.79 Å². The molecule has 0 N–H and O–H groups in total. The second-order valence-corrected chi connectivity index (χ2v) is 10.6. The van der Waals surface area contributed by atoms with Gasteiger partial charge in [0.05, 0.1) is 6.61 Å². The average Bonchev–Trinajstić information content (AvgIpc) is 3.29. The fourth-order valence-corrected chi connectivity index (χ4v) is 5.25. The van der Waals surface area contributed by atoms with Crippen LogP contribution in [-0.4, -0.2) is 40.4 Å². The van der Waals surface area contributed by atoms with Gasteiger partial charge in [-0.15, -0.1) is 0 Å². The molecule has 0 bridgehead atoms. The lowest BCUT2D eigenvalue weighted by atomic mass is 9.92. The molecule has 0 spiro atoms. The van der Waals surface area contributed by atoms with Gasteiger partial charge < -0.3 is 9.64 Å². The van der Waals surface area contributed by atoms with Crippen molar-refractivity contribution in [3.63, 3.8) is 0 Å². The van der Waals surface area contributed by atoms with Gasteiger partial charge in [-0.05, 0) is 43.0 Å². The van der Waals surface area contributed by atoms with Crippen molar-refractivity contribution in [3.05, 3.63) is 0 Å². The third-order valence-corrected chi connectivity index (χ3v) is 7.50. The number of likely N-dealkylation sites (tertiary alicyclic amines) is 1. The Morgan fingerprint density at radius 2 is 1.41 bits per heavy atom. The first kappa shape index (κ1) is 29.7. The highest BCUT2D eigenvalue weighted by atomic mass is 127. The third-order valence-electron chi connectivity index (χ3n) is 6.74. The van der Waals surface area contributed by atoms with Crippen LogP contribution in [0.3, 0.4) is 0 Å². The average molecular weight is 564 g/mol. The van der Waals surface area contributed by atoms with E-state index in [0.717, 1.165) is 57.9 Å². The first-order chi connectivity index (χ1) is 15.7. The molecule has 0 aromatic carbocycles. The largest absolute Gasteiger partial charge is 0.464 e. The van der Waals surface area contributed by atoms with Crippen molar-refractivity contribution in [2.75, 3.05) is 17.6 Å². The quantitative estimate of drug-likeness (QED) is 0.0656. The highest BCUT2D eigenvalue weighted by Gasteiger charge is 2.37. The van der Waals surface area contributed by atoms with Crippen LogP contribution in [0.15, 0.2) is 0 Å². The van der Waals surface area contributed by atoms with Gasteiger partial charge in [-0.3, -0.25) is 4.79 Å². The van der Waals surface area contributed by atoms with Crippen LogP contribution >= 0.6 is 22.6 Å². The molecule has 0 aromatic heterocycles. The lowest BCUT2D eigenvalue weighted by molar-refractivity contribution is -0.155. The van der Waals surface area contributed by atoms with E-state index in [4.69, 9.17) is 4.74 Å². The summed E-state index contributed by atoms with van der Waals surface area (Å²) < 4.78 is 6.77. The van der Waals surface area contributed by atoms with Gasteiger partial charge in [0.15, 0.2) is 0 Å². The summed E-state index contributed by atoms with van der Waals surface area (Å²) in [6, 6.07) is -0.348. The number of hydrogen-bond donors (Lipinski definition) is 0. The molecule has 0 saturated carbocycles. The summed E-state index contributed by atoms with van der Waals surface area (Å²) >= 11 is 2.40. The Morgan fingerprint density at radius 1 is 0.844 bits per heavy atom. The molecule has 1 rings (SSSR count). The van der Waals surface area contributed by atoms with E-state index in [2.05, 4.69) is 36.4 Å². The molecule has 1 fully saturated rings. The Kier molecular flexibility index (Phi) is 18.6. The summed E-state index contributed by atoms with van der Waals surface area (Å²) in [5, 5.41) is 0. The van der Waals surface area contributed by atoms with E-state index in [9.17, 15) is 9.59 Å². The second-order valence-electron chi connectivity index (χ2n) is 9.56. The molecule has 1 saturated heterocycles. The summed E-state index contributed by atoms with van der Waals surface area (Å²) in [6.07, 6.45) is 20.4. The number of rotatable bonds is 20. The number of carbonyl (C=O) groups excluding carboxylic acids is 2. The van der Waals surface area contributed by atoms with Crippen molar-refractivity contribution in [2.24, 2.45) is 5.92 Å². The maximum absolute atomic E-state index is 13.5. The number of halogens is 1. The van der Waals surface area contributed by atoms with Crippen LogP contribution in [-0.2, 0) is 14.3 Å². The Labute approximate surface area is 212 Å². The van der Waals surface area contributed by atoms with E-state index in [1.807, 2.05) is 4.90 Å². The minimum Gasteiger partial charge on any atom is -0.464 e. The van der Waals surface area contributed by atoms with Crippen molar-refractivity contribution in [1.29, 1.82) is 0 Å². The van der Waals surface area contributed by atoms with Crippen LogP contribution in [0.5, 0.6) is 0 Å². The number of unbranched alkanes of at least 4 members (excludes halogenated alkanes) is 11. The summed E-state index contributed by atoms with van der Waals surface area (Å²) in [6.45, 7) is 5.69. The molecular formula is C27H50INO3. The van der Waals surface area contributed by atoms with E-state index in [1.54, 1.807) is 0 Å². The van der Waals surface area contributed by atoms with Crippen LogP contribution in [0.2, 0.25) is 0 Å². The summed E-state index contributed by atoms with van der Waals surface area (Å²) in [5.74, 6) is 0.130. The van der Waals surface area contributed by atoms with Crippen molar-refractivity contribution in [2.45, 2.75) is 135 Å². The number of alkyl halides is 1. The third kappa shape index (κ3) is 12.8. The molecule has 5 heteroatoms. The van der Waals surface area contributed by atoms with Crippen molar-refractivity contribution in [3.8, 4) is 0 Å². The molecule has 1 aliphatic heterocycles. The van der Waals surface area contributed by atoms with E-state index in [0.29, 0.717) is 6.61 Å². The molecule has 0 aliphatic carbocycles. The molecule has 188 valence electrons. The molecule has 0 radical (unpaired) electrons. The van der Waals surface area contributed by atoms with Crippen molar-refractivity contribution < 1.29 is 14.3 Å². The smallest absolute Gasteiger partial charge is 0.328 e. The number of amides is 1. The normalized spacial score (nSPS) is 17.0. The summed E-state index contributed by atoms with van der Waals surface area (Å²) in [7, 11) is 0. The number of carbonyl (C=O) groups is 2. The highest BCUT2D eigenvalue weighted by molar-refractivity contribution is 14.1. The van der Waals surface area contributed by atoms with Gasteiger partial charge in [0.1, 0.15) is 6.04 Å². The predicted octanol–water partition coefficient (Wildman–Crippen LogP) is 7.85. The SMILES string of the molecule is CCCCCCCCC(CCCCCC)C(=O)N1CCCC1C(=O)OCCCCCCI. The maximum atomic E-state index is 13.5. The van der Waals surface area contributed by atoms with Gasteiger partial charge in [0, 0.05) is 12.5 Å². The number of ether oxygens (including phenoxy) is 1. The van der Waals surface area contributed by atoms with Gasteiger partial charge in [-0.1, -0.05) is 113 Å².